The van der Waals surface area contributed by atoms with Gasteiger partial charge in [-0.1, -0.05) is 0 Å². The summed E-state index contributed by atoms with van der Waals surface area (Å²) in [6, 6.07) is 4.56. The predicted molar refractivity (Wildman–Crippen MR) is 97.7 cm³/mol. The van der Waals surface area contributed by atoms with Gasteiger partial charge in [0.15, 0.2) is 0 Å². The van der Waals surface area contributed by atoms with E-state index in [9.17, 15) is 14.4 Å². The molecule has 1 aromatic carbocycles. The summed E-state index contributed by atoms with van der Waals surface area (Å²) in [7, 11) is 0. The first-order chi connectivity index (χ1) is 11.6. The van der Waals surface area contributed by atoms with Gasteiger partial charge in [0.2, 0.25) is 11.8 Å². The zero-order chi connectivity index (χ0) is 18.8. The molecule has 0 spiro atoms. The van der Waals surface area contributed by atoms with Crippen LogP contribution in [-0.4, -0.2) is 36.0 Å². The van der Waals surface area contributed by atoms with Gasteiger partial charge in [-0.3, -0.25) is 14.9 Å². The van der Waals surface area contributed by atoms with Gasteiger partial charge in [-0.25, -0.2) is 4.79 Å². The van der Waals surface area contributed by atoms with Crippen molar-refractivity contribution in [2.24, 2.45) is 0 Å². The summed E-state index contributed by atoms with van der Waals surface area (Å²) in [6.45, 7) is 9.44. The number of carbonyl (C=O) groups excluding carboxylic acids is 3. The van der Waals surface area contributed by atoms with Crippen LogP contribution in [0.4, 0.5) is 16.2 Å². The fraction of sp³-hybridized carbons (Fsp3) is 0.500. The molecule has 0 radical (unpaired) electrons. The number of urea groups is 1. The van der Waals surface area contributed by atoms with E-state index >= 15 is 0 Å². The van der Waals surface area contributed by atoms with E-state index in [1.54, 1.807) is 18.7 Å². The normalized spacial score (nSPS) is 14.5. The van der Waals surface area contributed by atoms with E-state index in [-0.39, 0.29) is 5.91 Å². The van der Waals surface area contributed by atoms with E-state index in [0.717, 1.165) is 23.4 Å². The summed E-state index contributed by atoms with van der Waals surface area (Å²) in [4.78, 5) is 37.2. The van der Waals surface area contributed by atoms with Crippen molar-refractivity contribution in [1.82, 2.24) is 10.6 Å². The molecule has 1 heterocycles. The van der Waals surface area contributed by atoms with Crippen molar-refractivity contribution >= 4 is 29.2 Å². The summed E-state index contributed by atoms with van der Waals surface area (Å²) in [5.74, 6) is -0.385. The van der Waals surface area contributed by atoms with Crippen LogP contribution in [0, 0.1) is 0 Å². The maximum absolute atomic E-state index is 12.1. The number of amides is 4. The van der Waals surface area contributed by atoms with Gasteiger partial charge >= 0.3 is 6.03 Å². The van der Waals surface area contributed by atoms with Gasteiger partial charge in [-0.15, -0.1) is 0 Å². The van der Waals surface area contributed by atoms with Crippen LogP contribution in [0.25, 0.3) is 0 Å². The number of hydrogen-bond donors (Lipinski definition) is 3. The van der Waals surface area contributed by atoms with Gasteiger partial charge in [0.1, 0.15) is 6.04 Å². The molecule has 0 aliphatic carbocycles. The SMILES string of the molecule is CC(=O)N1CCc2cc(NC(C)C(=O)NC(=O)NC(C)(C)C)ccc21. The average molecular weight is 346 g/mol. The summed E-state index contributed by atoms with van der Waals surface area (Å²) in [5.41, 5.74) is 2.35. The Kier molecular flexibility index (Phi) is 5.35. The van der Waals surface area contributed by atoms with Crippen LogP contribution in [0.5, 0.6) is 0 Å². The molecule has 1 unspecified atom stereocenters. The average Bonchev–Trinajstić information content (AvgIpc) is 2.88. The molecule has 1 aliphatic heterocycles. The van der Waals surface area contributed by atoms with Crippen LogP contribution in [-0.2, 0) is 16.0 Å². The fourth-order valence-corrected chi connectivity index (χ4v) is 2.73. The maximum Gasteiger partial charge on any atom is 0.321 e. The summed E-state index contributed by atoms with van der Waals surface area (Å²) >= 11 is 0. The minimum atomic E-state index is -0.575. The molecule has 0 bridgehead atoms. The number of benzene rings is 1. The van der Waals surface area contributed by atoms with E-state index in [1.807, 2.05) is 39.0 Å². The van der Waals surface area contributed by atoms with Gasteiger partial charge < -0.3 is 15.5 Å². The van der Waals surface area contributed by atoms with Crippen molar-refractivity contribution < 1.29 is 14.4 Å². The lowest BCUT2D eigenvalue weighted by atomic mass is 10.1. The Morgan fingerprint density at radius 3 is 2.48 bits per heavy atom. The first kappa shape index (κ1) is 18.8. The van der Waals surface area contributed by atoms with Crippen molar-refractivity contribution in [3.8, 4) is 0 Å². The second kappa shape index (κ2) is 7.13. The minimum absolute atomic E-state index is 0.0251. The number of nitrogens with one attached hydrogen (secondary N) is 3. The molecule has 0 saturated heterocycles. The monoisotopic (exact) mass is 346 g/mol. The molecular weight excluding hydrogens is 320 g/mol. The Hall–Kier alpha value is -2.57. The Labute approximate surface area is 148 Å². The molecule has 0 aromatic heterocycles. The van der Waals surface area contributed by atoms with E-state index in [1.165, 1.54) is 0 Å². The van der Waals surface area contributed by atoms with Crippen LogP contribution in [0.1, 0.15) is 40.2 Å². The third-order valence-electron chi connectivity index (χ3n) is 3.86. The Bertz CT molecular complexity index is 694. The lowest BCUT2D eigenvalue weighted by Crippen LogP contribution is -2.51. The largest absolute Gasteiger partial charge is 0.374 e. The molecule has 136 valence electrons. The Morgan fingerprint density at radius 1 is 1.20 bits per heavy atom. The number of fused-ring (bicyclic) bond motifs is 1. The van der Waals surface area contributed by atoms with Crippen molar-refractivity contribution in [3.63, 3.8) is 0 Å². The molecule has 2 rings (SSSR count). The van der Waals surface area contributed by atoms with E-state index < -0.39 is 23.5 Å². The maximum atomic E-state index is 12.1. The van der Waals surface area contributed by atoms with Gasteiger partial charge in [-0.05, 0) is 57.9 Å². The Balaban J connectivity index is 1.97. The van der Waals surface area contributed by atoms with Gasteiger partial charge in [0, 0.05) is 30.4 Å². The van der Waals surface area contributed by atoms with Crippen LogP contribution < -0.4 is 20.9 Å². The number of imide groups is 1. The number of anilines is 2. The van der Waals surface area contributed by atoms with Crippen LogP contribution in [0.15, 0.2) is 18.2 Å². The summed E-state index contributed by atoms with van der Waals surface area (Å²) < 4.78 is 0. The molecule has 0 fully saturated rings. The third-order valence-corrected chi connectivity index (χ3v) is 3.86. The third kappa shape index (κ3) is 4.95. The molecule has 4 amide bonds. The zero-order valence-electron chi connectivity index (χ0n) is 15.4. The molecule has 3 N–H and O–H groups in total. The highest BCUT2D eigenvalue weighted by Gasteiger charge is 2.23. The molecule has 1 aliphatic rings. The first-order valence-corrected chi connectivity index (χ1v) is 8.37. The molecular formula is C18H26N4O3. The van der Waals surface area contributed by atoms with Crippen LogP contribution >= 0.6 is 0 Å². The minimum Gasteiger partial charge on any atom is -0.374 e. The topological polar surface area (TPSA) is 90.5 Å². The smallest absolute Gasteiger partial charge is 0.321 e. The fourth-order valence-electron chi connectivity index (χ4n) is 2.73. The molecule has 7 nitrogen and oxygen atoms in total. The van der Waals surface area contributed by atoms with Gasteiger partial charge in [0.05, 0.1) is 0 Å². The summed E-state index contributed by atoms with van der Waals surface area (Å²) in [6.07, 6.45) is 0.791. The highest BCUT2D eigenvalue weighted by atomic mass is 16.2. The highest BCUT2D eigenvalue weighted by molar-refractivity contribution is 5.98. The first-order valence-electron chi connectivity index (χ1n) is 8.37. The lowest BCUT2D eigenvalue weighted by Gasteiger charge is -2.22. The quantitative estimate of drug-likeness (QED) is 0.781. The molecule has 7 heteroatoms. The van der Waals surface area contributed by atoms with E-state index in [2.05, 4.69) is 16.0 Å². The number of nitrogens with zero attached hydrogens (tertiary/aromatic N) is 1. The Morgan fingerprint density at radius 2 is 1.88 bits per heavy atom. The number of carbonyl (C=O) groups is 3. The van der Waals surface area contributed by atoms with E-state index in [4.69, 9.17) is 0 Å². The number of rotatable bonds is 3. The zero-order valence-corrected chi connectivity index (χ0v) is 15.4. The van der Waals surface area contributed by atoms with Crippen molar-refractivity contribution in [1.29, 1.82) is 0 Å². The van der Waals surface area contributed by atoms with Crippen molar-refractivity contribution in [2.45, 2.75) is 52.6 Å². The summed E-state index contributed by atoms with van der Waals surface area (Å²) in [5, 5.41) is 8.10. The predicted octanol–water partition coefficient (Wildman–Crippen LogP) is 2.02. The lowest BCUT2D eigenvalue weighted by molar-refractivity contribution is -0.120. The molecule has 0 saturated carbocycles. The van der Waals surface area contributed by atoms with Gasteiger partial charge in [-0.2, -0.15) is 0 Å². The van der Waals surface area contributed by atoms with Crippen molar-refractivity contribution in [3.05, 3.63) is 23.8 Å². The van der Waals surface area contributed by atoms with Crippen LogP contribution in [0.2, 0.25) is 0 Å². The van der Waals surface area contributed by atoms with Crippen LogP contribution in [0.3, 0.4) is 0 Å². The van der Waals surface area contributed by atoms with Gasteiger partial charge in [0.25, 0.3) is 0 Å². The van der Waals surface area contributed by atoms with Crippen molar-refractivity contribution in [2.75, 3.05) is 16.8 Å². The molecule has 1 aromatic rings. The second-order valence-corrected chi connectivity index (χ2v) is 7.32. The standard InChI is InChI=1S/C18H26N4O3/c1-11(16(24)20-17(25)21-18(3,4)5)19-14-6-7-15-13(10-14)8-9-22(15)12(2)23/h6-7,10-11,19H,8-9H2,1-5H3,(H2,20,21,24,25). The molecule has 25 heavy (non-hydrogen) atoms. The van der Waals surface area contributed by atoms with E-state index in [0.29, 0.717) is 6.54 Å². The highest BCUT2D eigenvalue weighted by Crippen LogP contribution is 2.30. The number of hydrogen-bond acceptors (Lipinski definition) is 4. The second-order valence-electron chi connectivity index (χ2n) is 7.32. The molecule has 1 atom stereocenters.